The molecular weight excluding hydrogens is 300 g/mol. The van der Waals surface area contributed by atoms with E-state index >= 15 is 0 Å². The van der Waals surface area contributed by atoms with Crippen LogP contribution in [0.4, 0.5) is 0 Å². The lowest BCUT2D eigenvalue weighted by Gasteiger charge is -2.34. The van der Waals surface area contributed by atoms with Crippen molar-refractivity contribution in [2.24, 2.45) is 0 Å². The van der Waals surface area contributed by atoms with Gasteiger partial charge in [-0.3, -0.25) is 0 Å². The topological polar surface area (TPSA) is 29.5 Å². The Bertz CT molecular complexity index is 530. The molecule has 1 aromatic rings. The summed E-state index contributed by atoms with van der Waals surface area (Å²) in [4.78, 5) is 0. The molecule has 1 aliphatic rings. The van der Waals surface area contributed by atoms with E-state index in [1.165, 1.54) is 18.9 Å². The number of aliphatic hydroxyl groups is 1. The summed E-state index contributed by atoms with van der Waals surface area (Å²) in [7, 11) is -1.15. The molecule has 0 saturated carbocycles. The summed E-state index contributed by atoms with van der Waals surface area (Å²) >= 11 is 0. The third-order valence-electron chi connectivity index (χ3n) is 4.30. The van der Waals surface area contributed by atoms with Crippen molar-refractivity contribution in [3.63, 3.8) is 0 Å². The number of benzene rings is 1. The van der Waals surface area contributed by atoms with Crippen LogP contribution in [0, 0.1) is 11.8 Å². The Hall–Kier alpha value is -1.08. The molecular formula is C20H30O2Si. The van der Waals surface area contributed by atoms with Gasteiger partial charge in [0.15, 0.2) is 0 Å². The maximum absolute atomic E-state index is 10.1. The lowest BCUT2D eigenvalue weighted by atomic mass is 9.94. The highest BCUT2D eigenvalue weighted by molar-refractivity contribution is 6.76. The van der Waals surface area contributed by atoms with Crippen LogP contribution in [0.15, 0.2) is 30.3 Å². The fourth-order valence-electron chi connectivity index (χ4n) is 3.52. The van der Waals surface area contributed by atoms with Crippen molar-refractivity contribution in [3.8, 4) is 11.8 Å². The van der Waals surface area contributed by atoms with Crippen LogP contribution in [0.5, 0.6) is 0 Å². The van der Waals surface area contributed by atoms with Crippen LogP contribution < -0.4 is 0 Å². The van der Waals surface area contributed by atoms with Gasteiger partial charge in [-0.1, -0.05) is 49.7 Å². The summed E-state index contributed by atoms with van der Waals surface area (Å²) < 4.78 is 6.14. The average Bonchev–Trinajstić information content (AvgIpc) is 2.92. The minimum atomic E-state index is -1.15. The van der Waals surface area contributed by atoms with E-state index in [9.17, 15) is 5.11 Å². The quantitative estimate of drug-likeness (QED) is 0.616. The summed E-state index contributed by atoms with van der Waals surface area (Å²) in [5, 5.41) is 10.1. The first kappa shape index (κ1) is 18.3. The Morgan fingerprint density at radius 3 is 2.61 bits per heavy atom. The summed E-state index contributed by atoms with van der Waals surface area (Å²) in [6, 6.07) is 11.1. The van der Waals surface area contributed by atoms with E-state index in [0.29, 0.717) is 0 Å². The molecule has 1 N–H and O–H groups in total. The highest BCUT2D eigenvalue weighted by Crippen LogP contribution is 2.38. The molecule has 1 aromatic carbocycles. The molecule has 1 saturated heterocycles. The molecule has 2 unspecified atom stereocenters. The van der Waals surface area contributed by atoms with E-state index in [1.807, 2.05) is 30.3 Å². The zero-order valence-electron chi connectivity index (χ0n) is 14.8. The Kier molecular flexibility index (Phi) is 6.47. The third-order valence-corrected chi connectivity index (χ3v) is 6.01. The van der Waals surface area contributed by atoms with Crippen molar-refractivity contribution < 1.29 is 9.84 Å². The van der Waals surface area contributed by atoms with Gasteiger partial charge in [0, 0.05) is 20.2 Å². The molecule has 1 fully saturated rings. The molecule has 3 heteroatoms. The zero-order valence-corrected chi connectivity index (χ0v) is 15.8. The summed E-state index contributed by atoms with van der Waals surface area (Å²) in [6.07, 6.45) is 4.59. The average molecular weight is 331 g/mol. The lowest BCUT2D eigenvalue weighted by Crippen LogP contribution is -2.37. The first-order valence-corrected chi connectivity index (χ1v) is 12.5. The number of aliphatic hydroxyl groups excluding tert-OH is 1. The first-order chi connectivity index (χ1) is 10.9. The maximum Gasteiger partial charge on any atom is 0.115 e. The van der Waals surface area contributed by atoms with Gasteiger partial charge in [-0.2, -0.15) is 0 Å². The molecule has 2 nitrogen and oxygen atoms in total. The standard InChI is InChI=1S/C20H30O2Si/c1-23(2,3)17-20(15-8-16-22-20)14-7-11-19(21)13-12-18-9-5-4-6-10-18/h4-6,9-10,19,21H,7-8,11,14-17H2,1-3H3. The van der Waals surface area contributed by atoms with Crippen molar-refractivity contribution in [1.29, 1.82) is 0 Å². The third kappa shape index (κ3) is 6.51. The zero-order chi connectivity index (χ0) is 16.8. The van der Waals surface area contributed by atoms with Crippen LogP contribution >= 0.6 is 0 Å². The summed E-state index contributed by atoms with van der Waals surface area (Å²) in [6.45, 7) is 8.14. The van der Waals surface area contributed by atoms with Crippen LogP contribution in [0.3, 0.4) is 0 Å². The predicted octanol–water partition coefficient (Wildman–Crippen LogP) is 4.46. The van der Waals surface area contributed by atoms with Crippen molar-refractivity contribution in [3.05, 3.63) is 35.9 Å². The first-order valence-electron chi connectivity index (χ1n) is 8.77. The molecule has 23 heavy (non-hydrogen) atoms. The molecule has 0 aromatic heterocycles. The van der Waals surface area contributed by atoms with Gasteiger partial charge in [0.05, 0.1) is 5.60 Å². The SMILES string of the molecule is C[Si](C)(C)CC1(CCCC(O)C#Cc2ccccc2)CCCO1. The minimum Gasteiger partial charge on any atom is -0.380 e. The molecule has 126 valence electrons. The Labute approximate surface area is 142 Å². The Balaban J connectivity index is 1.82. The molecule has 0 bridgehead atoms. The monoisotopic (exact) mass is 330 g/mol. The van der Waals surface area contributed by atoms with Crippen molar-refractivity contribution in [1.82, 2.24) is 0 Å². The van der Waals surface area contributed by atoms with Gasteiger partial charge in [-0.15, -0.1) is 0 Å². The van der Waals surface area contributed by atoms with Crippen molar-refractivity contribution >= 4 is 8.07 Å². The van der Waals surface area contributed by atoms with E-state index < -0.39 is 14.2 Å². The van der Waals surface area contributed by atoms with E-state index in [1.54, 1.807) is 0 Å². The summed E-state index contributed by atoms with van der Waals surface area (Å²) in [5.74, 6) is 6.00. The van der Waals surface area contributed by atoms with Crippen LogP contribution in [0.25, 0.3) is 0 Å². The van der Waals surface area contributed by atoms with Crippen LogP contribution in [-0.2, 0) is 4.74 Å². The van der Waals surface area contributed by atoms with E-state index in [0.717, 1.165) is 31.4 Å². The van der Waals surface area contributed by atoms with Crippen LogP contribution in [0.1, 0.15) is 37.7 Å². The maximum atomic E-state index is 10.1. The number of ether oxygens (including phenoxy) is 1. The largest absolute Gasteiger partial charge is 0.380 e. The van der Waals surface area contributed by atoms with Crippen molar-refractivity contribution in [2.75, 3.05) is 6.61 Å². The molecule has 0 amide bonds. The van der Waals surface area contributed by atoms with Gasteiger partial charge in [0.2, 0.25) is 0 Å². The van der Waals surface area contributed by atoms with Crippen LogP contribution in [0.2, 0.25) is 25.7 Å². The van der Waals surface area contributed by atoms with Gasteiger partial charge >= 0.3 is 0 Å². The van der Waals surface area contributed by atoms with E-state index in [2.05, 4.69) is 31.5 Å². The number of hydrogen-bond donors (Lipinski definition) is 1. The molecule has 1 aliphatic heterocycles. The fourth-order valence-corrected chi connectivity index (χ4v) is 5.91. The smallest absolute Gasteiger partial charge is 0.115 e. The molecule has 0 aliphatic carbocycles. The second kappa shape index (κ2) is 8.15. The Morgan fingerprint density at radius 1 is 1.26 bits per heavy atom. The van der Waals surface area contributed by atoms with Gasteiger partial charge in [0.1, 0.15) is 6.10 Å². The molecule has 2 rings (SSSR count). The fraction of sp³-hybridized carbons (Fsp3) is 0.600. The predicted molar refractivity (Wildman–Crippen MR) is 99.2 cm³/mol. The number of rotatable bonds is 6. The second-order valence-electron chi connectivity index (χ2n) is 7.92. The van der Waals surface area contributed by atoms with Gasteiger partial charge in [0.25, 0.3) is 0 Å². The molecule has 2 atom stereocenters. The number of hydrogen-bond acceptors (Lipinski definition) is 2. The highest BCUT2D eigenvalue weighted by Gasteiger charge is 2.38. The van der Waals surface area contributed by atoms with Crippen molar-refractivity contribution in [2.45, 2.75) is 69.5 Å². The van der Waals surface area contributed by atoms with Crippen LogP contribution in [-0.4, -0.2) is 31.5 Å². The minimum absolute atomic E-state index is 0.0804. The summed E-state index contributed by atoms with van der Waals surface area (Å²) in [5.41, 5.74) is 1.04. The van der Waals surface area contributed by atoms with E-state index in [4.69, 9.17) is 4.74 Å². The Morgan fingerprint density at radius 2 is 2.00 bits per heavy atom. The van der Waals surface area contributed by atoms with Gasteiger partial charge < -0.3 is 9.84 Å². The van der Waals surface area contributed by atoms with E-state index in [-0.39, 0.29) is 5.60 Å². The van der Waals surface area contributed by atoms with Gasteiger partial charge in [-0.05, 0) is 50.3 Å². The molecule has 1 heterocycles. The highest BCUT2D eigenvalue weighted by atomic mass is 28.3. The normalized spacial score (nSPS) is 22.4. The lowest BCUT2D eigenvalue weighted by molar-refractivity contribution is 0.00879. The van der Waals surface area contributed by atoms with Gasteiger partial charge in [-0.25, -0.2) is 0 Å². The molecule has 0 spiro atoms. The molecule has 0 radical (unpaired) electrons. The second-order valence-corrected chi connectivity index (χ2v) is 13.4.